The first kappa shape index (κ1) is 16.2. The maximum Gasteiger partial charge on any atom is 0.281 e. The van der Waals surface area contributed by atoms with Crippen LogP contribution in [0.3, 0.4) is 0 Å². The summed E-state index contributed by atoms with van der Waals surface area (Å²) in [6, 6.07) is -1.43. The predicted molar refractivity (Wildman–Crippen MR) is 76.3 cm³/mol. The lowest BCUT2D eigenvalue weighted by atomic mass is 9.87. The summed E-state index contributed by atoms with van der Waals surface area (Å²) in [7, 11) is 5.36. The minimum Gasteiger partial charge on any atom is -0.504 e. The molecule has 2 heterocycles. The average molecular weight is 335 g/mol. The minimum atomic E-state index is -3.11. The predicted octanol–water partition coefficient (Wildman–Crippen LogP) is -2.74. The molecule has 2 aliphatic rings. The molecule has 0 aromatic heterocycles. The molecule has 0 saturated carbocycles. The van der Waals surface area contributed by atoms with Crippen LogP contribution in [0.2, 0.25) is 0 Å². The van der Waals surface area contributed by atoms with Gasteiger partial charge in [0.1, 0.15) is 13.9 Å². The van der Waals surface area contributed by atoms with Crippen LogP contribution in [0.25, 0.3) is 0 Å². The highest BCUT2D eigenvalue weighted by Crippen LogP contribution is 2.44. The fraction of sp³-hybridized carbons (Fsp3) is 0.308. The summed E-state index contributed by atoms with van der Waals surface area (Å²) in [5.74, 6) is -8.46. The molecule has 1 fully saturated rings. The van der Waals surface area contributed by atoms with Crippen molar-refractivity contribution in [2.24, 2.45) is 0 Å². The molecule has 9 nitrogen and oxygen atoms in total. The van der Waals surface area contributed by atoms with Gasteiger partial charge in [0.15, 0.2) is 11.6 Å². The lowest BCUT2D eigenvalue weighted by Gasteiger charge is -2.36. The molecule has 124 valence electrons. The fourth-order valence-corrected chi connectivity index (χ4v) is 2.97. The molecule has 3 amide bonds. The summed E-state index contributed by atoms with van der Waals surface area (Å²) < 4.78 is 13.9. The molecule has 2 radical (unpaired) electrons. The second-order valence-corrected chi connectivity index (χ2v) is 5.52. The van der Waals surface area contributed by atoms with E-state index in [1.54, 1.807) is 0 Å². The number of nitrogens with zero attached hydrogens (tertiary/aromatic N) is 1. The highest BCUT2D eigenvalue weighted by Gasteiger charge is 2.56. The van der Waals surface area contributed by atoms with Crippen LogP contribution in [-0.2, 0) is 15.5 Å². The molecule has 11 heteroatoms. The summed E-state index contributed by atoms with van der Waals surface area (Å²) in [5, 5.41) is 32.5. The quantitative estimate of drug-likeness (QED) is 0.123. The van der Waals surface area contributed by atoms with Crippen molar-refractivity contribution < 1.29 is 34.1 Å². The minimum absolute atomic E-state index is 0.148. The van der Waals surface area contributed by atoms with Gasteiger partial charge in [0.05, 0.1) is 11.1 Å². The SMILES string of the molecule is [B]c1c(N)c2c(c(O)c1F)C(=O)N(C1CCC(=O)NC1=O)C2(O)O. The zero-order valence-corrected chi connectivity index (χ0v) is 12.0. The third-order valence-electron chi connectivity index (χ3n) is 4.12. The van der Waals surface area contributed by atoms with E-state index in [0.717, 1.165) is 0 Å². The number of imide groups is 1. The average Bonchev–Trinajstić information content (AvgIpc) is 2.70. The van der Waals surface area contributed by atoms with E-state index in [-0.39, 0.29) is 12.8 Å². The van der Waals surface area contributed by atoms with E-state index in [2.05, 4.69) is 0 Å². The van der Waals surface area contributed by atoms with E-state index in [1.165, 1.54) is 0 Å². The van der Waals surface area contributed by atoms with Crippen molar-refractivity contribution in [3.05, 3.63) is 16.9 Å². The van der Waals surface area contributed by atoms with Crippen molar-refractivity contribution in [3.63, 3.8) is 0 Å². The van der Waals surface area contributed by atoms with Crippen LogP contribution in [0.15, 0.2) is 0 Å². The normalized spacial score (nSPS) is 22.5. The topological polar surface area (TPSA) is 153 Å². The van der Waals surface area contributed by atoms with E-state index in [4.69, 9.17) is 13.6 Å². The van der Waals surface area contributed by atoms with Crippen LogP contribution in [0.4, 0.5) is 10.1 Å². The summed E-state index contributed by atoms with van der Waals surface area (Å²) in [4.78, 5) is 36.0. The van der Waals surface area contributed by atoms with Gasteiger partial charge in [-0.3, -0.25) is 24.6 Å². The molecule has 0 spiro atoms. The van der Waals surface area contributed by atoms with Crippen LogP contribution >= 0.6 is 0 Å². The summed E-state index contributed by atoms with van der Waals surface area (Å²) in [5.41, 5.74) is 2.64. The number of carbonyl (C=O) groups excluding carboxylic acids is 3. The molecule has 1 aromatic carbocycles. The van der Waals surface area contributed by atoms with Crippen LogP contribution in [0.5, 0.6) is 5.75 Å². The Labute approximate surface area is 135 Å². The van der Waals surface area contributed by atoms with Crippen molar-refractivity contribution >= 4 is 36.7 Å². The van der Waals surface area contributed by atoms with Crippen LogP contribution in [-0.4, -0.2) is 51.8 Å². The third-order valence-corrected chi connectivity index (χ3v) is 4.12. The number of anilines is 1. The Morgan fingerprint density at radius 2 is 1.96 bits per heavy atom. The van der Waals surface area contributed by atoms with Gasteiger partial charge in [-0.15, -0.1) is 0 Å². The monoisotopic (exact) mass is 335 g/mol. The number of nitrogens with one attached hydrogen (secondary N) is 1. The van der Waals surface area contributed by atoms with E-state index in [0.29, 0.717) is 4.90 Å². The molecule has 6 N–H and O–H groups in total. The Morgan fingerprint density at radius 3 is 2.54 bits per heavy atom. The maximum absolute atomic E-state index is 13.9. The number of fused-ring (bicyclic) bond motifs is 1. The number of nitrogen functional groups attached to an aromatic ring is 1. The summed E-state index contributed by atoms with van der Waals surface area (Å²) in [6.45, 7) is 0. The number of hydrogen-bond donors (Lipinski definition) is 5. The Balaban J connectivity index is 2.18. The lowest BCUT2D eigenvalue weighted by molar-refractivity contribution is -0.258. The van der Waals surface area contributed by atoms with E-state index < -0.39 is 63.5 Å². The van der Waals surface area contributed by atoms with Gasteiger partial charge in [0, 0.05) is 12.1 Å². The van der Waals surface area contributed by atoms with Crippen molar-refractivity contribution in [3.8, 4) is 5.75 Å². The second kappa shape index (κ2) is 4.92. The van der Waals surface area contributed by atoms with Gasteiger partial charge >= 0.3 is 0 Å². The van der Waals surface area contributed by atoms with Crippen LogP contribution < -0.4 is 16.5 Å². The summed E-state index contributed by atoms with van der Waals surface area (Å²) >= 11 is 0. The Kier molecular flexibility index (Phi) is 3.32. The molecular weight excluding hydrogens is 324 g/mol. The van der Waals surface area contributed by atoms with Gasteiger partial charge in [-0.05, 0) is 11.9 Å². The van der Waals surface area contributed by atoms with Crippen LogP contribution in [0, 0.1) is 5.82 Å². The van der Waals surface area contributed by atoms with Crippen molar-refractivity contribution in [1.29, 1.82) is 0 Å². The van der Waals surface area contributed by atoms with Gasteiger partial charge in [-0.1, -0.05) is 0 Å². The molecule has 1 unspecified atom stereocenters. The van der Waals surface area contributed by atoms with Gasteiger partial charge in [-0.2, -0.15) is 0 Å². The van der Waals surface area contributed by atoms with Crippen molar-refractivity contribution in [2.45, 2.75) is 24.8 Å². The number of nitrogens with two attached hydrogens (primary N) is 1. The number of carbonyl (C=O) groups is 3. The number of phenolic OH excluding ortho intramolecular Hbond substituents is 1. The molecule has 3 rings (SSSR count). The number of hydrogen-bond acceptors (Lipinski definition) is 7. The van der Waals surface area contributed by atoms with Crippen LogP contribution in [0.1, 0.15) is 28.8 Å². The van der Waals surface area contributed by atoms with Gasteiger partial charge in [0.2, 0.25) is 11.8 Å². The van der Waals surface area contributed by atoms with E-state index in [1.807, 2.05) is 5.32 Å². The maximum atomic E-state index is 13.9. The highest BCUT2D eigenvalue weighted by atomic mass is 19.1. The molecular formula is C13H11BFN3O6. The molecule has 2 aliphatic heterocycles. The fourth-order valence-electron chi connectivity index (χ4n) is 2.97. The highest BCUT2D eigenvalue weighted by molar-refractivity contribution is 6.37. The number of halogens is 1. The number of rotatable bonds is 1. The first-order valence-electron chi connectivity index (χ1n) is 6.81. The standard InChI is InChI=1S/C13H11BFN3O6/c14-7-8(15)10(20)5-6(9(7)16)13(23,24)18(12(5)22)3-1-2-4(19)17-11(3)21/h3,20,23-24H,1-2,16H2,(H,17,19,21). The number of benzene rings is 1. The van der Waals surface area contributed by atoms with Gasteiger partial charge in [0.25, 0.3) is 11.8 Å². The Morgan fingerprint density at radius 1 is 1.33 bits per heavy atom. The van der Waals surface area contributed by atoms with Crippen molar-refractivity contribution in [1.82, 2.24) is 10.2 Å². The zero-order valence-electron chi connectivity index (χ0n) is 12.0. The second-order valence-electron chi connectivity index (χ2n) is 5.52. The van der Waals surface area contributed by atoms with Gasteiger partial charge in [-0.25, -0.2) is 4.39 Å². The molecule has 1 saturated heterocycles. The first-order valence-corrected chi connectivity index (χ1v) is 6.81. The number of aromatic hydroxyl groups is 1. The molecule has 0 aliphatic carbocycles. The van der Waals surface area contributed by atoms with Crippen molar-refractivity contribution in [2.75, 3.05) is 5.73 Å². The number of amides is 3. The lowest BCUT2D eigenvalue weighted by Crippen LogP contribution is -2.58. The smallest absolute Gasteiger partial charge is 0.281 e. The number of aliphatic hydroxyl groups is 2. The molecule has 1 atom stereocenters. The third kappa shape index (κ3) is 1.91. The number of piperidine rings is 1. The Bertz CT molecular complexity index is 812. The largest absolute Gasteiger partial charge is 0.504 e. The molecule has 24 heavy (non-hydrogen) atoms. The summed E-state index contributed by atoms with van der Waals surface area (Å²) in [6.07, 6.45) is -0.337. The van der Waals surface area contributed by atoms with E-state index >= 15 is 0 Å². The first-order chi connectivity index (χ1) is 11.1. The zero-order chi connectivity index (χ0) is 18.0. The van der Waals surface area contributed by atoms with Gasteiger partial charge < -0.3 is 21.1 Å². The van der Waals surface area contributed by atoms with E-state index in [9.17, 15) is 34.1 Å². The number of phenols is 1. The Hall–Kier alpha value is -2.66. The molecule has 1 aromatic rings. The molecule has 0 bridgehead atoms.